The molecule has 7 nitrogen and oxygen atoms in total. The molecule has 2 aliphatic rings. The van der Waals surface area contributed by atoms with Gasteiger partial charge in [0.15, 0.2) is 18.1 Å². The van der Waals surface area contributed by atoms with Crippen molar-refractivity contribution in [1.29, 1.82) is 0 Å². The SMILES string of the molecule is Cc1cc(=O)n(CC2CC2)c2cc(OCC(=O)NCc3ccc4c(c3)OCO4)ccc12. The van der Waals surface area contributed by atoms with Crippen LogP contribution in [0.4, 0.5) is 0 Å². The van der Waals surface area contributed by atoms with Crippen LogP contribution in [0.3, 0.4) is 0 Å². The van der Waals surface area contributed by atoms with Crippen LogP contribution in [0.15, 0.2) is 47.3 Å². The molecule has 31 heavy (non-hydrogen) atoms. The van der Waals surface area contributed by atoms with Crippen LogP contribution in [0.1, 0.15) is 24.0 Å². The fourth-order valence-corrected chi connectivity index (χ4v) is 3.82. The molecule has 0 bridgehead atoms. The van der Waals surface area contributed by atoms with E-state index in [4.69, 9.17) is 14.2 Å². The fourth-order valence-electron chi connectivity index (χ4n) is 3.82. The first-order chi connectivity index (χ1) is 15.1. The number of hydrogen-bond donors (Lipinski definition) is 1. The second-order valence-corrected chi connectivity index (χ2v) is 8.15. The molecule has 5 rings (SSSR count). The van der Waals surface area contributed by atoms with Crippen molar-refractivity contribution in [2.45, 2.75) is 32.9 Å². The number of nitrogens with zero attached hydrogens (tertiary/aromatic N) is 1. The van der Waals surface area contributed by atoms with E-state index < -0.39 is 0 Å². The van der Waals surface area contributed by atoms with Gasteiger partial charge in [0.05, 0.1) is 5.52 Å². The monoisotopic (exact) mass is 420 g/mol. The summed E-state index contributed by atoms with van der Waals surface area (Å²) in [5.41, 5.74) is 2.73. The van der Waals surface area contributed by atoms with Gasteiger partial charge in [-0.3, -0.25) is 9.59 Å². The molecule has 160 valence electrons. The average molecular weight is 420 g/mol. The van der Waals surface area contributed by atoms with Crippen molar-refractivity contribution in [1.82, 2.24) is 9.88 Å². The van der Waals surface area contributed by atoms with Gasteiger partial charge in [-0.15, -0.1) is 0 Å². The van der Waals surface area contributed by atoms with E-state index >= 15 is 0 Å². The number of pyridine rings is 1. The van der Waals surface area contributed by atoms with Crippen LogP contribution in [0.25, 0.3) is 10.9 Å². The van der Waals surface area contributed by atoms with Crippen molar-refractivity contribution in [3.8, 4) is 17.2 Å². The molecule has 0 atom stereocenters. The van der Waals surface area contributed by atoms with Crippen LogP contribution in [0.5, 0.6) is 17.2 Å². The molecule has 0 spiro atoms. The van der Waals surface area contributed by atoms with Crippen LogP contribution < -0.4 is 25.1 Å². The Balaban J connectivity index is 1.25. The first-order valence-corrected chi connectivity index (χ1v) is 10.5. The number of nitrogens with one attached hydrogen (secondary N) is 1. The molecule has 0 unspecified atom stereocenters. The number of carbonyl (C=O) groups is 1. The predicted molar refractivity (Wildman–Crippen MR) is 116 cm³/mol. The topological polar surface area (TPSA) is 78.8 Å². The lowest BCUT2D eigenvalue weighted by molar-refractivity contribution is -0.123. The summed E-state index contributed by atoms with van der Waals surface area (Å²) in [7, 11) is 0. The zero-order valence-electron chi connectivity index (χ0n) is 17.3. The van der Waals surface area contributed by atoms with E-state index in [2.05, 4.69) is 5.32 Å². The van der Waals surface area contributed by atoms with Gasteiger partial charge in [0.1, 0.15) is 5.75 Å². The summed E-state index contributed by atoms with van der Waals surface area (Å²) in [6.07, 6.45) is 2.34. The number of amides is 1. The molecule has 0 radical (unpaired) electrons. The second-order valence-electron chi connectivity index (χ2n) is 8.15. The third-order valence-electron chi connectivity index (χ3n) is 5.73. The number of fused-ring (bicyclic) bond motifs is 2. The highest BCUT2D eigenvalue weighted by Crippen LogP contribution is 2.33. The minimum absolute atomic E-state index is 0.00974. The van der Waals surface area contributed by atoms with Crippen molar-refractivity contribution < 1.29 is 19.0 Å². The largest absolute Gasteiger partial charge is 0.484 e. The van der Waals surface area contributed by atoms with E-state index in [9.17, 15) is 9.59 Å². The molecule has 3 aromatic rings. The minimum atomic E-state index is -0.225. The molecule has 0 saturated heterocycles. The fraction of sp³-hybridized carbons (Fsp3) is 0.333. The lowest BCUT2D eigenvalue weighted by Crippen LogP contribution is -2.28. The Kier molecular flexibility index (Phi) is 5.02. The summed E-state index contributed by atoms with van der Waals surface area (Å²) in [6, 6.07) is 12.9. The van der Waals surface area contributed by atoms with Crippen molar-refractivity contribution >= 4 is 16.8 Å². The second kappa shape index (κ2) is 7.98. The van der Waals surface area contributed by atoms with Gasteiger partial charge >= 0.3 is 0 Å². The average Bonchev–Trinajstić information content (AvgIpc) is 3.47. The van der Waals surface area contributed by atoms with E-state index in [1.807, 2.05) is 47.9 Å². The Hall–Kier alpha value is -3.48. The van der Waals surface area contributed by atoms with E-state index in [-0.39, 0.29) is 24.9 Å². The summed E-state index contributed by atoms with van der Waals surface area (Å²) in [5.74, 6) is 2.32. The number of aryl methyl sites for hydroxylation is 1. The van der Waals surface area contributed by atoms with Gasteiger partial charge in [-0.2, -0.15) is 0 Å². The molecule has 1 saturated carbocycles. The quantitative estimate of drug-likeness (QED) is 0.635. The van der Waals surface area contributed by atoms with Crippen LogP contribution in [-0.2, 0) is 17.9 Å². The van der Waals surface area contributed by atoms with Crippen molar-refractivity contribution in [3.05, 3.63) is 63.9 Å². The summed E-state index contributed by atoms with van der Waals surface area (Å²) >= 11 is 0. The zero-order valence-corrected chi connectivity index (χ0v) is 17.3. The van der Waals surface area contributed by atoms with Crippen LogP contribution >= 0.6 is 0 Å². The summed E-state index contributed by atoms with van der Waals surface area (Å²) < 4.78 is 18.2. The molecule has 2 heterocycles. The highest BCUT2D eigenvalue weighted by atomic mass is 16.7. The van der Waals surface area contributed by atoms with E-state index in [0.717, 1.165) is 28.6 Å². The molecule has 1 aliphatic heterocycles. The highest BCUT2D eigenvalue weighted by molar-refractivity contribution is 5.84. The number of benzene rings is 2. The molecule has 7 heteroatoms. The third kappa shape index (κ3) is 4.21. The third-order valence-corrected chi connectivity index (χ3v) is 5.73. The molecule has 1 fully saturated rings. The van der Waals surface area contributed by atoms with Gasteiger partial charge in [0.25, 0.3) is 11.5 Å². The zero-order chi connectivity index (χ0) is 21.4. The van der Waals surface area contributed by atoms with E-state index in [1.165, 1.54) is 12.8 Å². The summed E-state index contributed by atoms with van der Waals surface area (Å²) in [5, 5.41) is 3.87. The Labute approximate surface area is 179 Å². The maximum Gasteiger partial charge on any atom is 0.258 e. The smallest absolute Gasteiger partial charge is 0.258 e. The molecule has 2 aromatic carbocycles. The van der Waals surface area contributed by atoms with Crippen LogP contribution in [0, 0.1) is 12.8 Å². The molecular formula is C24H24N2O5. The van der Waals surface area contributed by atoms with Crippen molar-refractivity contribution in [2.24, 2.45) is 5.92 Å². The maximum absolute atomic E-state index is 12.5. The van der Waals surface area contributed by atoms with E-state index in [1.54, 1.807) is 6.07 Å². The maximum atomic E-state index is 12.5. The molecule has 1 aliphatic carbocycles. The van der Waals surface area contributed by atoms with Crippen molar-refractivity contribution in [2.75, 3.05) is 13.4 Å². The van der Waals surface area contributed by atoms with Crippen molar-refractivity contribution in [3.63, 3.8) is 0 Å². The van der Waals surface area contributed by atoms with Gasteiger partial charge in [-0.25, -0.2) is 0 Å². The lowest BCUT2D eigenvalue weighted by atomic mass is 10.1. The Morgan fingerprint density at radius 1 is 1.13 bits per heavy atom. The highest BCUT2D eigenvalue weighted by Gasteiger charge is 2.23. The lowest BCUT2D eigenvalue weighted by Gasteiger charge is -2.14. The number of carbonyl (C=O) groups excluding carboxylic acids is 1. The molecule has 1 amide bonds. The number of hydrogen-bond acceptors (Lipinski definition) is 5. The Morgan fingerprint density at radius 2 is 1.97 bits per heavy atom. The minimum Gasteiger partial charge on any atom is -0.484 e. The first kappa shape index (κ1) is 19.5. The normalized spacial score (nSPS) is 14.6. The van der Waals surface area contributed by atoms with Crippen LogP contribution in [-0.4, -0.2) is 23.9 Å². The van der Waals surface area contributed by atoms with Crippen LogP contribution in [0.2, 0.25) is 0 Å². The first-order valence-electron chi connectivity index (χ1n) is 10.5. The standard InChI is InChI=1S/C24H24N2O5/c1-15-8-24(28)26(12-16-2-3-16)20-10-18(5-6-19(15)20)29-13-23(27)25-11-17-4-7-21-22(9-17)31-14-30-21/h4-10,16H,2-3,11-14H2,1H3,(H,25,27). The number of aromatic nitrogens is 1. The van der Waals surface area contributed by atoms with Gasteiger partial charge in [-0.05, 0) is 61.1 Å². The molecule has 1 aromatic heterocycles. The van der Waals surface area contributed by atoms with E-state index in [0.29, 0.717) is 29.7 Å². The Bertz CT molecular complexity index is 1210. The van der Waals surface area contributed by atoms with Gasteiger partial charge < -0.3 is 24.1 Å². The summed E-state index contributed by atoms with van der Waals surface area (Å²) in [6.45, 7) is 3.16. The number of rotatable bonds is 7. The predicted octanol–water partition coefficient (Wildman–Crippen LogP) is 3.14. The molecular weight excluding hydrogens is 396 g/mol. The Morgan fingerprint density at radius 3 is 2.81 bits per heavy atom. The number of ether oxygens (including phenoxy) is 3. The van der Waals surface area contributed by atoms with Gasteiger partial charge in [0.2, 0.25) is 6.79 Å². The molecule has 1 N–H and O–H groups in total. The van der Waals surface area contributed by atoms with Gasteiger partial charge in [-0.1, -0.05) is 6.07 Å². The van der Waals surface area contributed by atoms with Gasteiger partial charge in [0, 0.05) is 30.6 Å². The summed E-state index contributed by atoms with van der Waals surface area (Å²) in [4.78, 5) is 24.8.